The molecule has 0 saturated carbocycles. The second-order valence-corrected chi connectivity index (χ2v) is 8.74. The predicted molar refractivity (Wildman–Crippen MR) is 88.6 cm³/mol. The molecule has 0 aliphatic carbocycles. The van der Waals surface area contributed by atoms with Crippen LogP contribution in [0.1, 0.15) is 6.92 Å². The van der Waals surface area contributed by atoms with Crippen LogP contribution in [-0.4, -0.2) is 14.3 Å². The molecule has 1 heterocycles. The molecule has 1 amide bonds. The lowest BCUT2D eigenvalue weighted by Gasteiger charge is -2.07. The van der Waals surface area contributed by atoms with Gasteiger partial charge >= 0.3 is 0 Å². The number of nitrogens with one attached hydrogen (secondary N) is 2. The van der Waals surface area contributed by atoms with Crippen LogP contribution in [0.3, 0.4) is 0 Å². The molecule has 2 aromatic rings. The van der Waals surface area contributed by atoms with Crippen LogP contribution in [0.25, 0.3) is 0 Å². The molecule has 0 saturated heterocycles. The van der Waals surface area contributed by atoms with Gasteiger partial charge in [-0.05, 0) is 46.3 Å². The third-order valence-corrected chi connectivity index (χ3v) is 6.67. The number of sulfonamides is 1. The number of amides is 1. The lowest BCUT2D eigenvalue weighted by molar-refractivity contribution is -0.114. The maximum atomic E-state index is 12.2. The second-order valence-electron chi connectivity index (χ2n) is 4.05. The molecule has 0 atom stereocenters. The molecule has 5 nitrogen and oxygen atoms in total. The summed E-state index contributed by atoms with van der Waals surface area (Å²) in [6.07, 6.45) is 0. The van der Waals surface area contributed by atoms with E-state index in [1.807, 2.05) is 0 Å². The van der Waals surface area contributed by atoms with Gasteiger partial charge in [-0.2, -0.15) is 0 Å². The van der Waals surface area contributed by atoms with Crippen molar-refractivity contribution < 1.29 is 13.2 Å². The molecule has 21 heavy (non-hydrogen) atoms. The summed E-state index contributed by atoms with van der Waals surface area (Å²) in [5, 5.41) is 2.95. The normalized spacial score (nSPS) is 11.2. The van der Waals surface area contributed by atoms with Gasteiger partial charge in [0, 0.05) is 18.3 Å². The number of thiophene rings is 1. The minimum absolute atomic E-state index is 0.116. The van der Waals surface area contributed by atoms with Crippen molar-refractivity contribution in [3.63, 3.8) is 0 Å². The lowest BCUT2D eigenvalue weighted by Crippen LogP contribution is -2.11. The molecule has 112 valence electrons. The standard InChI is InChI=1S/C12H10BrClN2O3S2/c1-7(17)15-8-2-4-9(5-3-8)16-21(18,19)11-6-10(14)12(13)20-11/h2-6,16H,1H3,(H,15,17). The fraction of sp³-hybridized carbons (Fsp3) is 0.0833. The smallest absolute Gasteiger partial charge is 0.271 e. The third kappa shape index (κ3) is 4.19. The van der Waals surface area contributed by atoms with E-state index in [1.165, 1.54) is 13.0 Å². The zero-order valence-corrected chi connectivity index (χ0v) is 14.7. The van der Waals surface area contributed by atoms with Crippen molar-refractivity contribution >= 4 is 66.2 Å². The Balaban J connectivity index is 2.18. The lowest BCUT2D eigenvalue weighted by atomic mass is 10.3. The molecule has 2 rings (SSSR count). The van der Waals surface area contributed by atoms with Crippen molar-refractivity contribution in [1.29, 1.82) is 0 Å². The summed E-state index contributed by atoms with van der Waals surface area (Å²) in [4.78, 5) is 10.9. The van der Waals surface area contributed by atoms with Crippen molar-refractivity contribution in [3.8, 4) is 0 Å². The van der Waals surface area contributed by atoms with Crippen molar-refractivity contribution in [3.05, 3.63) is 39.1 Å². The molecule has 0 radical (unpaired) electrons. The first-order valence-electron chi connectivity index (χ1n) is 5.63. The molecular weight excluding hydrogens is 400 g/mol. The van der Waals surface area contributed by atoms with Crippen LogP contribution in [0.5, 0.6) is 0 Å². The van der Waals surface area contributed by atoms with E-state index in [0.717, 1.165) is 11.3 Å². The van der Waals surface area contributed by atoms with Crippen LogP contribution in [0.15, 0.2) is 38.3 Å². The first-order valence-corrected chi connectivity index (χ1v) is 9.10. The first-order chi connectivity index (χ1) is 9.78. The highest BCUT2D eigenvalue weighted by atomic mass is 79.9. The minimum Gasteiger partial charge on any atom is -0.326 e. The van der Waals surface area contributed by atoms with E-state index in [1.54, 1.807) is 24.3 Å². The molecule has 0 bridgehead atoms. The van der Waals surface area contributed by atoms with Crippen LogP contribution >= 0.6 is 38.9 Å². The zero-order valence-electron chi connectivity index (χ0n) is 10.7. The number of carbonyl (C=O) groups excluding carboxylic acids is 1. The highest BCUT2D eigenvalue weighted by molar-refractivity contribution is 9.11. The van der Waals surface area contributed by atoms with Crippen LogP contribution in [0.4, 0.5) is 11.4 Å². The van der Waals surface area contributed by atoms with E-state index in [9.17, 15) is 13.2 Å². The number of rotatable bonds is 4. The quantitative estimate of drug-likeness (QED) is 0.803. The van der Waals surface area contributed by atoms with E-state index in [2.05, 4.69) is 26.0 Å². The molecule has 0 aliphatic rings. The summed E-state index contributed by atoms with van der Waals surface area (Å²) in [6.45, 7) is 1.40. The van der Waals surface area contributed by atoms with Crippen LogP contribution in [-0.2, 0) is 14.8 Å². The fourth-order valence-corrected chi connectivity index (χ4v) is 4.95. The molecule has 2 N–H and O–H groups in total. The van der Waals surface area contributed by atoms with E-state index < -0.39 is 10.0 Å². The summed E-state index contributed by atoms with van der Waals surface area (Å²) in [7, 11) is -3.68. The number of carbonyl (C=O) groups is 1. The average molecular weight is 410 g/mol. The Labute approximate surface area is 139 Å². The van der Waals surface area contributed by atoms with Gasteiger partial charge in [-0.1, -0.05) is 11.6 Å². The van der Waals surface area contributed by atoms with Gasteiger partial charge in [0.2, 0.25) is 5.91 Å². The number of hydrogen-bond donors (Lipinski definition) is 2. The SMILES string of the molecule is CC(=O)Nc1ccc(NS(=O)(=O)c2cc(Cl)c(Br)s2)cc1. The van der Waals surface area contributed by atoms with Gasteiger partial charge in [0.15, 0.2) is 0 Å². The van der Waals surface area contributed by atoms with Gasteiger partial charge in [-0.15, -0.1) is 11.3 Å². The second kappa shape index (κ2) is 6.35. The minimum atomic E-state index is -3.68. The summed E-state index contributed by atoms with van der Waals surface area (Å²) in [6, 6.07) is 7.72. The highest BCUT2D eigenvalue weighted by Gasteiger charge is 2.19. The van der Waals surface area contributed by atoms with E-state index >= 15 is 0 Å². The van der Waals surface area contributed by atoms with Crippen molar-refractivity contribution in [2.45, 2.75) is 11.1 Å². The van der Waals surface area contributed by atoms with E-state index in [-0.39, 0.29) is 10.1 Å². The number of benzene rings is 1. The van der Waals surface area contributed by atoms with Gasteiger partial charge in [0.1, 0.15) is 4.21 Å². The average Bonchev–Trinajstić information content (AvgIpc) is 2.72. The van der Waals surface area contributed by atoms with E-state index in [0.29, 0.717) is 20.2 Å². The Morgan fingerprint density at radius 1 is 1.24 bits per heavy atom. The van der Waals surface area contributed by atoms with Crippen LogP contribution < -0.4 is 10.0 Å². The molecule has 1 aromatic carbocycles. The predicted octanol–water partition coefficient (Wildman–Crippen LogP) is 3.92. The van der Waals surface area contributed by atoms with Gasteiger partial charge in [0.25, 0.3) is 10.0 Å². The Morgan fingerprint density at radius 3 is 2.29 bits per heavy atom. The number of hydrogen-bond acceptors (Lipinski definition) is 4. The highest BCUT2D eigenvalue weighted by Crippen LogP contribution is 2.35. The monoisotopic (exact) mass is 408 g/mol. The Hall–Kier alpha value is -1.09. The van der Waals surface area contributed by atoms with Crippen molar-refractivity contribution in [2.75, 3.05) is 10.0 Å². The van der Waals surface area contributed by atoms with Gasteiger partial charge < -0.3 is 5.32 Å². The van der Waals surface area contributed by atoms with Crippen molar-refractivity contribution in [1.82, 2.24) is 0 Å². The zero-order chi connectivity index (χ0) is 15.6. The molecule has 1 aromatic heterocycles. The molecular formula is C12H10BrClN2O3S2. The summed E-state index contributed by atoms with van der Waals surface area (Å²) in [5.74, 6) is -0.193. The van der Waals surface area contributed by atoms with E-state index in [4.69, 9.17) is 11.6 Å². The fourth-order valence-electron chi connectivity index (χ4n) is 1.49. The van der Waals surface area contributed by atoms with Gasteiger partial charge in [0.05, 0.1) is 8.81 Å². The van der Waals surface area contributed by atoms with Gasteiger partial charge in [-0.3, -0.25) is 9.52 Å². The molecule has 0 unspecified atom stereocenters. The summed E-state index contributed by atoms with van der Waals surface area (Å²) < 4.78 is 27.5. The van der Waals surface area contributed by atoms with Gasteiger partial charge in [-0.25, -0.2) is 8.42 Å². The maximum absolute atomic E-state index is 12.2. The van der Waals surface area contributed by atoms with Crippen molar-refractivity contribution in [2.24, 2.45) is 0 Å². The molecule has 0 aliphatic heterocycles. The largest absolute Gasteiger partial charge is 0.326 e. The number of anilines is 2. The Kier molecular flexibility index (Phi) is 4.92. The topological polar surface area (TPSA) is 75.3 Å². The molecule has 9 heteroatoms. The van der Waals surface area contributed by atoms with Crippen LogP contribution in [0, 0.1) is 0 Å². The molecule has 0 spiro atoms. The summed E-state index contributed by atoms with van der Waals surface area (Å²) >= 11 is 10.0. The first kappa shape index (κ1) is 16.3. The maximum Gasteiger partial charge on any atom is 0.271 e. The Bertz CT molecular complexity index is 753. The third-order valence-electron chi connectivity index (χ3n) is 2.34. The Morgan fingerprint density at radius 2 is 1.81 bits per heavy atom. The van der Waals surface area contributed by atoms with Crippen LogP contribution in [0.2, 0.25) is 5.02 Å². The summed E-state index contributed by atoms with van der Waals surface area (Å²) in [5.41, 5.74) is 0.983. The number of halogens is 2. The molecule has 0 fully saturated rings.